The predicted octanol–water partition coefficient (Wildman–Crippen LogP) is 3.89. The van der Waals surface area contributed by atoms with Crippen molar-refractivity contribution in [2.75, 3.05) is 11.9 Å². The van der Waals surface area contributed by atoms with E-state index in [-0.39, 0.29) is 12.5 Å². The van der Waals surface area contributed by atoms with E-state index < -0.39 is 0 Å². The van der Waals surface area contributed by atoms with Gasteiger partial charge in [0.2, 0.25) is 5.88 Å². The number of ether oxygens (including phenoxy) is 2. The summed E-state index contributed by atoms with van der Waals surface area (Å²) < 4.78 is 11.1. The topological polar surface area (TPSA) is 60.5 Å². The number of aromatic nitrogens is 1. The van der Waals surface area contributed by atoms with E-state index in [9.17, 15) is 4.79 Å². The minimum Gasteiger partial charge on any atom is -0.484 e. The number of hydrogen-bond acceptors (Lipinski definition) is 4. The molecule has 0 radical (unpaired) electrons. The number of para-hydroxylation sites is 1. The second-order valence-electron chi connectivity index (χ2n) is 4.94. The van der Waals surface area contributed by atoms with Crippen LogP contribution >= 0.6 is 0 Å². The maximum atomic E-state index is 11.8. The van der Waals surface area contributed by atoms with Crippen LogP contribution in [0.1, 0.15) is 0 Å². The van der Waals surface area contributed by atoms with E-state index >= 15 is 0 Å². The zero-order valence-electron chi connectivity index (χ0n) is 12.9. The summed E-state index contributed by atoms with van der Waals surface area (Å²) in [4.78, 5) is 15.9. The summed E-state index contributed by atoms with van der Waals surface area (Å²) in [7, 11) is 0. The van der Waals surface area contributed by atoms with Crippen molar-refractivity contribution in [3.8, 4) is 17.4 Å². The highest BCUT2D eigenvalue weighted by Crippen LogP contribution is 2.22. The first-order valence-electron chi connectivity index (χ1n) is 7.46. The number of hydrogen-bond donors (Lipinski definition) is 1. The summed E-state index contributed by atoms with van der Waals surface area (Å²) in [5, 5.41) is 2.76. The zero-order chi connectivity index (χ0) is 16.6. The molecule has 120 valence electrons. The molecule has 0 spiro atoms. The number of rotatable bonds is 6. The largest absolute Gasteiger partial charge is 0.484 e. The molecule has 3 aromatic rings. The van der Waals surface area contributed by atoms with E-state index in [1.54, 1.807) is 36.5 Å². The molecule has 5 nitrogen and oxygen atoms in total. The van der Waals surface area contributed by atoms with E-state index in [1.165, 1.54) is 0 Å². The molecular formula is C19H16N2O3. The van der Waals surface area contributed by atoms with E-state index in [4.69, 9.17) is 9.47 Å². The van der Waals surface area contributed by atoms with Gasteiger partial charge in [-0.25, -0.2) is 4.98 Å². The lowest BCUT2D eigenvalue weighted by Crippen LogP contribution is -2.20. The summed E-state index contributed by atoms with van der Waals surface area (Å²) in [5.41, 5.74) is 0.741. The molecule has 0 aliphatic carbocycles. The molecular weight excluding hydrogens is 304 g/mol. The van der Waals surface area contributed by atoms with Crippen molar-refractivity contribution in [1.29, 1.82) is 0 Å². The Hall–Kier alpha value is -3.34. The number of carbonyl (C=O) groups is 1. The van der Waals surface area contributed by atoms with Crippen molar-refractivity contribution < 1.29 is 14.3 Å². The Morgan fingerprint density at radius 1 is 0.875 bits per heavy atom. The van der Waals surface area contributed by atoms with Gasteiger partial charge in [-0.1, -0.05) is 24.3 Å². The van der Waals surface area contributed by atoms with Gasteiger partial charge in [-0.15, -0.1) is 0 Å². The van der Waals surface area contributed by atoms with Crippen LogP contribution in [0.25, 0.3) is 0 Å². The molecule has 0 aliphatic rings. The van der Waals surface area contributed by atoms with Crippen LogP contribution in [0.4, 0.5) is 5.69 Å². The van der Waals surface area contributed by atoms with Crippen molar-refractivity contribution in [3.05, 3.63) is 79.0 Å². The molecule has 0 bridgehead atoms. The highest BCUT2D eigenvalue weighted by molar-refractivity contribution is 5.91. The van der Waals surface area contributed by atoms with Crippen molar-refractivity contribution in [2.45, 2.75) is 0 Å². The molecule has 0 atom stereocenters. The lowest BCUT2D eigenvalue weighted by Gasteiger charge is -2.08. The van der Waals surface area contributed by atoms with Crippen LogP contribution in [0, 0.1) is 0 Å². The van der Waals surface area contributed by atoms with E-state index in [2.05, 4.69) is 10.3 Å². The van der Waals surface area contributed by atoms with Crippen LogP contribution in [0.2, 0.25) is 0 Å². The van der Waals surface area contributed by atoms with E-state index in [0.29, 0.717) is 17.4 Å². The monoisotopic (exact) mass is 320 g/mol. The second-order valence-corrected chi connectivity index (χ2v) is 4.94. The molecule has 3 rings (SSSR count). The molecule has 5 heteroatoms. The minimum atomic E-state index is -0.213. The van der Waals surface area contributed by atoms with Gasteiger partial charge in [-0.2, -0.15) is 0 Å². The SMILES string of the molecule is O=C(COc1ccc(Oc2ccccn2)cc1)Nc1ccccc1. The van der Waals surface area contributed by atoms with Crippen LogP contribution in [0.15, 0.2) is 79.0 Å². The fraction of sp³-hybridized carbons (Fsp3) is 0.0526. The lowest BCUT2D eigenvalue weighted by atomic mass is 10.3. The van der Waals surface area contributed by atoms with Gasteiger partial charge in [0.15, 0.2) is 6.61 Å². The van der Waals surface area contributed by atoms with E-state index in [0.717, 1.165) is 5.69 Å². The highest BCUT2D eigenvalue weighted by Gasteiger charge is 2.04. The molecule has 0 saturated carbocycles. The first-order chi connectivity index (χ1) is 11.8. The van der Waals surface area contributed by atoms with Crippen LogP contribution in [-0.4, -0.2) is 17.5 Å². The van der Waals surface area contributed by atoms with Crippen LogP contribution in [0.3, 0.4) is 0 Å². The van der Waals surface area contributed by atoms with Crippen molar-refractivity contribution in [3.63, 3.8) is 0 Å². The summed E-state index contributed by atoms with van der Waals surface area (Å²) in [5.74, 6) is 1.55. The van der Waals surface area contributed by atoms with E-state index in [1.807, 2.05) is 42.5 Å². The fourth-order valence-electron chi connectivity index (χ4n) is 2.00. The van der Waals surface area contributed by atoms with Gasteiger partial charge < -0.3 is 14.8 Å². The first-order valence-corrected chi connectivity index (χ1v) is 7.46. The Morgan fingerprint density at radius 2 is 1.58 bits per heavy atom. The minimum absolute atomic E-state index is 0.0602. The molecule has 2 aromatic carbocycles. The molecule has 1 N–H and O–H groups in total. The van der Waals surface area contributed by atoms with Gasteiger partial charge in [0.1, 0.15) is 11.5 Å². The number of nitrogens with one attached hydrogen (secondary N) is 1. The number of amides is 1. The van der Waals surface area contributed by atoms with Gasteiger partial charge in [0.25, 0.3) is 5.91 Å². The molecule has 1 aromatic heterocycles. The second kappa shape index (κ2) is 7.78. The quantitative estimate of drug-likeness (QED) is 0.748. The Bertz CT molecular complexity index is 775. The normalized spacial score (nSPS) is 10.0. The molecule has 0 fully saturated rings. The maximum Gasteiger partial charge on any atom is 0.262 e. The molecule has 24 heavy (non-hydrogen) atoms. The third-order valence-corrected chi connectivity index (χ3v) is 3.11. The predicted molar refractivity (Wildman–Crippen MR) is 91.3 cm³/mol. The summed E-state index contributed by atoms with van der Waals surface area (Å²) in [6, 6.07) is 21.7. The number of pyridine rings is 1. The fourth-order valence-corrected chi connectivity index (χ4v) is 2.00. The summed E-state index contributed by atoms with van der Waals surface area (Å²) in [6.07, 6.45) is 1.66. The average Bonchev–Trinajstić information content (AvgIpc) is 2.63. The number of nitrogens with zero attached hydrogens (tertiary/aromatic N) is 1. The maximum absolute atomic E-state index is 11.8. The first kappa shape index (κ1) is 15.6. The highest BCUT2D eigenvalue weighted by atomic mass is 16.5. The third kappa shape index (κ3) is 4.58. The van der Waals surface area contributed by atoms with Gasteiger partial charge in [0.05, 0.1) is 0 Å². The molecule has 0 unspecified atom stereocenters. The molecule has 0 aliphatic heterocycles. The molecule has 0 saturated heterocycles. The third-order valence-electron chi connectivity index (χ3n) is 3.11. The van der Waals surface area contributed by atoms with Crippen molar-refractivity contribution in [2.24, 2.45) is 0 Å². The van der Waals surface area contributed by atoms with Gasteiger partial charge in [0, 0.05) is 18.0 Å². The Labute approximate surface area is 139 Å². The zero-order valence-corrected chi connectivity index (χ0v) is 12.9. The summed E-state index contributed by atoms with van der Waals surface area (Å²) >= 11 is 0. The lowest BCUT2D eigenvalue weighted by molar-refractivity contribution is -0.118. The van der Waals surface area contributed by atoms with Crippen molar-refractivity contribution >= 4 is 11.6 Å². The Balaban J connectivity index is 1.50. The van der Waals surface area contributed by atoms with Crippen LogP contribution < -0.4 is 14.8 Å². The van der Waals surface area contributed by atoms with Gasteiger partial charge in [-0.05, 0) is 42.5 Å². The Morgan fingerprint density at radius 3 is 2.29 bits per heavy atom. The smallest absolute Gasteiger partial charge is 0.262 e. The van der Waals surface area contributed by atoms with Crippen LogP contribution in [0.5, 0.6) is 17.4 Å². The van der Waals surface area contributed by atoms with Crippen molar-refractivity contribution in [1.82, 2.24) is 4.98 Å². The number of carbonyl (C=O) groups excluding carboxylic acids is 1. The number of anilines is 1. The number of benzene rings is 2. The molecule has 1 heterocycles. The van der Waals surface area contributed by atoms with Gasteiger partial charge >= 0.3 is 0 Å². The summed E-state index contributed by atoms with van der Waals surface area (Å²) in [6.45, 7) is -0.0602. The molecule has 1 amide bonds. The van der Waals surface area contributed by atoms with Crippen LogP contribution in [-0.2, 0) is 4.79 Å². The average molecular weight is 320 g/mol. The Kier molecular flexibility index (Phi) is 5.04. The standard InChI is InChI=1S/C19H16N2O3/c22-18(21-15-6-2-1-3-7-15)14-23-16-9-11-17(12-10-16)24-19-8-4-5-13-20-19/h1-13H,14H2,(H,21,22). The van der Waals surface area contributed by atoms with Gasteiger partial charge in [-0.3, -0.25) is 4.79 Å².